The number of fused-ring (bicyclic) bond motifs is 1. The van der Waals surface area contributed by atoms with Crippen LogP contribution in [0.1, 0.15) is 0 Å². The third kappa shape index (κ3) is 3.73. The molecule has 28 heavy (non-hydrogen) atoms. The van der Waals surface area contributed by atoms with E-state index in [4.69, 9.17) is 4.74 Å². The zero-order valence-electron chi connectivity index (χ0n) is 15.4. The maximum absolute atomic E-state index is 11.7. The predicted octanol–water partition coefficient (Wildman–Crippen LogP) is 4.96. The topological polar surface area (TPSA) is 56.1 Å². The van der Waals surface area contributed by atoms with Gasteiger partial charge in [0.05, 0.1) is 12.6 Å². The number of rotatable bonds is 4. The molecule has 140 valence electrons. The summed E-state index contributed by atoms with van der Waals surface area (Å²) in [5, 5.41) is 4.55. The summed E-state index contributed by atoms with van der Waals surface area (Å²) in [5.41, 5.74) is 4.68. The number of nitrogens with zero attached hydrogens (tertiary/aromatic N) is 2. The molecular formula is C22H18IN3O2. The summed E-state index contributed by atoms with van der Waals surface area (Å²) in [4.78, 5) is 16.1. The Morgan fingerprint density at radius 1 is 1.04 bits per heavy atom. The van der Waals surface area contributed by atoms with E-state index in [0.29, 0.717) is 0 Å². The molecule has 0 amide bonds. The Bertz CT molecular complexity index is 1230. The number of hydrogen-bond acceptors (Lipinski definition) is 4. The molecule has 1 N–H and O–H groups in total. The molecule has 4 rings (SSSR count). The molecule has 0 fully saturated rings. The fourth-order valence-corrected chi connectivity index (χ4v) is 3.59. The first-order valence-electron chi connectivity index (χ1n) is 8.71. The zero-order valence-corrected chi connectivity index (χ0v) is 17.6. The molecule has 6 heteroatoms. The summed E-state index contributed by atoms with van der Waals surface area (Å²) in [7, 11) is 3.39. The van der Waals surface area contributed by atoms with Crippen molar-refractivity contribution in [3.8, 4) is 16.9 Å². The molecule has 0 aliphatic heterocycles. The van der Waals surface area contributed by atoms with Gasteiger partial charge in [-0.15, -0.1) is 0 Å². The van der Waals surface area contributed by atoms with Crippen LogP contribution < -0.4 is 15.6 Å². The molecule has 0 radical (unpaired) electrons. The summed E-state index contributed by atoms with van der Waals surface area (Å²) in [6.07, 6.45) is 3.62. The van der Waals surface area contributed by atoms with Crippen LogP contribution in [0.4, 0.5) is 11.4 Å². The molecule has 0 saturated heterocycles. The second kappa shape index (κ2) is 7.63. The average molecular weight is 483 g/mol. The molecule has 0 atom stereocenters. The van der Waals surface area contributed by atoms with Crippen LogP contribution in [0.25, 0.3) is 22.0 Å². The fraction of sp³-hybridized carbons (Fsp3) is 0.0909. The quantitative estimate of drug-likeness (QED) is 0.417. The Kier molecular flexibility index (Phi) is 5.04. The minimum absolute atomic E-state index is 0.0390. The van der Waals surface area contributed by atoms with Crippen molar-refractivity contribution in [2.45, 2.75) is 0 Å². The van der Waals surface area contributed by atoms with Crippen LogP contribution in [-0.4, -0.2) is 16.7 Å². The predicted molar refractivity (Wildman–Crippen MR) is 121 cm³/mol. The van der Waals surface area contributed by atoms with Crippen LogP contribution in [0.15, 0.2) is 71.8 Å². The number of methoxy groups -OCH3 is 1. The molecular weight excluding hydrogens is 465 g/mol. The highest BCUT2D eigenvalue weighted by atomic mass is 127. The normalized spacial score (nSPS) is 10.8. The van der Waals surface area contributed by atoms with Crippen molar-refractivity contribution in [1.82, 2.24) is 9.55 Å². The van der Waals surface area contributed by atoms with Crippen molar-refractivity contribution in [2.75, 3.05) is 12.4 Å². The van der Waals surface area contributed by atoms with Gasteiger partial charge in [-0.1, -0.05) is 0 Å². The number of anilines is 2. The van der Waals surface area contributed by atoms with E-state index in [1.807, 2.05) is 48.7 Å². The number of hydrogen-bond donors (Lipinski definition) is 1. The lowest BCUT2D eigenvalue weighted by molar-refractivity contribution is 0.415. The molecule has 4 aromatic rings. The Hall–Kier alpha value is -2.87. The fourth-order valence-electron chi connectivity index (χ4n) is 3.10. The van der Waals surface area contributed by atoms with E-state index in [-0.39, 0.29) is 5.56 Å². The van der Waals surface area contributed by atoms with Gasteiger partial charge in [0.25, 0.3) is 0 Å². The van der Waals surface area contributed by atoms with Crippen molar-refractivity contribution in [3.63, 3.8) is 0 Å². The average Bonchev–Trinajstić information content (AvgIpc) is 2.70. The smallest absolute Gasteiger partial charge is 0.250 e. The zero-order chi connectivity index (χ0) is 19.7. The number of benzene rings is 2. The first kappa shape index (κ1) is 18.5. The summed E-state index contributed by atoms with van der Waals surface area (Å²) in [5.74, 6) is 0.738. The van der Waals surface area contributed by atoms with Crippen molar-refractivity contribution >= 4 is 44.9 Å². The molecule has 2 aromatic carbocycles. The van der Waals surface area contributed by atoms with Gasteiger partial charge in [-0.3, -0.25) is 9.78 Å². The summed E-state index contributed by atoms with van der Waals surface area (Å²) in [6.45, 7) is 0. The molecule has 0 saturated carbocycles. The van der Waals surface area contributed by atoms with Gasteiger partial charge in [0.2, 0.25) is 5.56 Å². The minimum atomic E-state index is -0.0390. The minimum Gasteiger partial charge on any atom is -0.497 e. The number of halogens is 1. The maximum atomic E-state index is 11.7. The monoisotopic (exact) mass is 483 g/mol. The lowest BCUT2D eigenvalue weighted by Crippen LogP contribution is -2.13. The largest absolute Gasteiger partial charge is 0.497 e. The van der Waals surface area contributed by atoms with Crippen LogP contribution in [0.5, 0.6) is 5.75 Å². The van der Waals surface area contributed by atoms with E-state index >= 15 is 0 Å². The van der Waals surface area contributed by atoms with Crippen molar-refractivity contribution in [3.05, 3.63) is 80.9 Å². The van der Waals surface area contributed by atoms with Gasteiger partial charge < -0.3 is 14.6 Å². The standard InChI is InChI=1S/C22H18IN3O2/c1-26-13-14(3-6-22(26)27)15-9-17(12-18(10-15)28-2)25-21-7-8-24-20-5-4-16(23)11-19(20)21/h3-13H,1-2H3,(H,24,25). The van der Waals surface area contributed by atoms with Gasteiger partial charge in [0, 0.05) is 51.9 Å². The van der Waals surface area contributed by atoms with E-state index in [9.17, 15) is 4.79 Å². The molecule has 5 nitrogen and oxygen atoms in total. The van der Waals surface area contributed by atoms with Crippen molar-refractivity contribution in [1.29, 1.82) is 0 Å². The lowest BCUT2D eigenvalue weighted by atomic mass is 10.1. The highest BCUT2D eigenvalue weighted by molar-refractivity contribution is 14.1. The lowest BCUT2D eigenvalue weighted by Gasteiger charge is -2.13. The molecule has 0 spiro atoms. The third-order valence-corrected chi connectivity index (χ3v) is 5.21. The van der Waals surface area contributed by atoms with Crippen LogP contribution in [-0.2, 0) is 7.05 Å². The van der Waals surface area contributed by atoms with E-state index in [2.05, 4.69) is 39.0 Å². The van der Waals surface area contributed by atoms with E-state index in [0.717, 1.165) is 42.7 Å². The van der Waals surface area contributed by atoms with Gasteiger partial charge in [0.15, 0.2) is 0 Å². The van der Waals surface area contributed by atoms with Crippen molar-refractivity contribution in [2.24, 2.45) is 7.05 Å². The number of nitrogens with one attached hydrogen (secondary N) is 1. The summed E-state index contributed by atoms with van der Waals surface area (Å²) >= 11 is 2.30. The van der Waals surface area contributed by atoms with Gasteiger partial charge in [-0.25, -0.2) is 0 Å². The number of aryl methyl sites for hydroxylation is 1. The van der Waals surface area contributed by atoms with E-state index < -0.39 is 0 Å². The van der Waals surface area contributed by atoms with Gasteiger partial charge in [-0.2, -0.15) is 0 Å². The number of pyridine rings is 2. The Labute approximate surface area is 176 Å². The van der Waals surface area contributed by atoms with Crippen molar-refractivity contribution < 1.29 is 4.74 Å². The van der Waals surface area contributed by atoms with Gasteiger partial charge >= 0.3 is 0 Å². The maximum Gasteiger partial charge on any atom is 0.250 e. The Morgan fingerprint density at radius 2 is 1.89 bits per heavy atom. The van der Waals surface area contributed by atoms with Gasteiger partial charge in [-0.05, 0) is 76.2 Å². The highest BCUT2D eigenvalue weighted by Gasteiger charge is 2.08. The summed E-state index contributed by atoms with van der Waals surface area (Å²) < 4.78 is 8.21. The van der Waals surface area contributed by atoms with Crippen LogP contribution in [0.3, 0.4) is 0 Å². The number of aromatic nitrogens is 2. The molecule has 2 heterocycles. The number of ether oxygens (including phenoxy) is 1. The molecule has 2 aromatic heterocycles. The van der Waals surface area contributed by atoms with E-state index in [1.165, 1.54) is 0 Å². The molecule has 0 aliphatic rings. The second-order valence-corrected chi connectivity index (χ2v) is 7.71. The first-order valence-corrected chi connectivity index (χ1v) is 9.79. The second-order valence-electron chi connectivity index (χ2n) is 6.46. The van der Waals surface area contributed by atoms with Crippen LogP contribution in [0.2, 0.25) is 0 Å². The highest BCUT2D eigenvalue weighted by Crippen LogP contribution is 2.32. The third-order valence-electron chi connectivity index (χ3n) is 4.54. The first-order chi connectivity index (χ1) is 13.5. The van der Waals surface area contributed by atoms with Gasteiger partial charge in [0.1, 0.15) is 5.75 Å². The SMILES string of the molecule is COc1cc(Nc2ccnc3ccc(I)cc23)cc(-c2ccc(=O)n(C)c2)c1. The molecule has 0 aliphatic carbocycles. The van der Waals surface area contributed by atoms with Crippen LogP contribution >= 0.6 is 22.6 Å². The van der Waals surface area contributed by atoms with Crippen LogP contribution in [0, 0.1) is 3.57 Å². The summed E-state index contributed by atoms with van der Waals surface area (Å²) in [6, 6.07) is 17.5. The Morgan fingerprint density at radius 3 is 2.68 bits per heavy atom. The van der Waals surface area contributed by atoms with E-state index in [1.54, 1.807) is 31.0 Å². The molecule has 0 bridgehead atoms. The molecule has 0 unspecified atom stereocenters. The Balaban J connectivity index is 1.79.